The van der Waals surface area contributed by atoms with Crippen molar-refractivity contribution in [2.24, 2.45) is 0 Å². The highest BCUT2D eigenvalue weighted by Gasteiger charge is 2.13. The Balaban J connectivity index is 2.35. The summed E-state index contributed by atoms with van der Waals surface area (Å²) in [6.45, 7) is 7.18. The number of pyridine rings is 1. The molecule has 0 aliphatic carbocycles. The van der Waals surface area contributed by atoms with E-state index < -0.39 is 0 Å². The van der Waals surface area contributed by atoms with Gasteiger partial charge in [0, 0.05) is 5.39 Å². The number of nitrogens with one attached hydrogen (secondary N) is 1. The molecule has 0 unspecified atom stereocenters. The zero-order valence-electron chi connectivity index (χ0n) is 10.7. The molecule has 1 N–H and O–H groups in total. The number of carbonyl (C=O) groups excluding carboxylic acids is 1. The number of para-hydroxylation sites is 1. The monoisotopic (exact) mass is 252 g/mol. The minimum atomic E-state index is -0.207. The second-order valence-corrected chi connectivity index (χ2v) is 4.22. The molecule has 0 spiro atoms. The van der Waals surface area contributed by atoms with E-state index in [1.165, 1.54) is 6.08 Å². The van der Waals surface area contributed by atoms with Crippen LogP contribution in [0.3, 0.4) is 0 Å². The van der Waals surface area contributed by atoms with Gasteiger partial charge in [-0.3, -0.25) is 9.78 Å². The molecule has 3 nitrogen and oxygen atoms in total. The van der Waals surface area contributed by atoms with Crippen LogP contribution in [-0.4, -0.2) is 10.9 Å². The van der Waals surface area contributed by atoms with Crippen LogP contribution in [0.1, 0.15) is 18.2 Å². The molecule has 19 heavy (non-hydrogen) atoms. The second-order valence-electron chi connectivity index (χ2n) is 4.22. The molecule has 2 rings (SSSR count). The number of benzene rings is 1. The minimum absolute atomic E-state index is 0.174. The number of nitrogens with zero attached hydrogens (tertiary/aromatic N) is 1. The van der Waals surface area contributed by atoms with Gasteiger partial charge in [-0.1, -0.05) is 36.9 Å². The highest BCUT2D eigenvalue weighted by atomic mass is 16.1. The van der Waals surface area contributed by atoms with Gasteiger partial charge in [-0.15, -0.1) is 6.58 Å². The topological polar surface area (TPSA) is 42.0 Å². The standard InChI is InChI=1S/C16H16N2O/c1-3-7-14(18-16(19)4-2)15-11-10-12-8-5-6-9-13(12)17-15/h3-6,8-11,14H,1-2,7H2,(H,18,19)/t14-/m0/s1. The molecule has 1 amide bonds. The molecule has 1 heterocycles. The van der Waals surface area contributed by atoms with E-state index in [1.54, 1.807) is 6.08 Å². The van der Waals surface area contributed by atoms with E-state index in [4.69, 9.17) is 0 Å². The number of carbonyl (C=O) groups is 1. The van der Waals surface area contributed by atoms with Gasteiger partial charge in [0.2, 0.25) is 5.91 Å². The van der Waals surface area contributed by atoms with Crippen LogP contribution in [0.4, 0.5) is 0 Å². The highest BCUT2D eigenvalue weighted by Crippen LogP contribution is 2.19. The molecule has 0 saturated carbocycles. The number of amides is 1. The largest absolute Gasteiger partial charge is 0.344 e. The van der Waals surface area contributed by atoms with Crippen molar-refractivity contribution >= 4 is 16.8 Å². The lowest BCUT2D eigenvalue weighted by molar-refractivity contribution is -0.117. The lowest BCUT2D eigenvalue weighted by Crippen LogP contribution is -2.27. The van der Waals surface area contributed by atoms with Crippen LogP contribution in [0.15, 0.2) is 61.7 Å². The fourth-order valence-corrected chi connectivity index (χ4v) is 1.93. The molecule has 0 radical (unpaired) electrons. The average molecular weight is 252 g/mol. The van der Waals surface area contributed by atoms with Crippen molar-refractivity contribution in [2.45, 2.75) is 12.5 Å². The summed E-state index contributed by atoms with van der Waals surface area (Å²) in [5.41, 5.74) is 1.75. The molecule has 0 aliphatic rings. The van der Waals surface area contributed by atoms with E-state index in [0.29, 0.717) is 6.42 Å². The zero-order valence-corrected chi connectivity index (χ0v) is 10.7. The summed E-state index contributed by atoms with van der Waals surface area (Å²) in [4.78, 5) is 16.0. The Morgan fingerprint density at radius 2 is 2.05 bits per heavy atom. The first-order valence-electron chi connectivity index (χ1n) is 6.14. The van der Waals surface area contributed by atoms with Crippen molar-refractivity contribution in [1.29, 1.82) is 0 Å². The molecule has 1 atom stereocenters. The van der Waals surface area contributed by atoms with Crippen molar-refractivity contribution in [1.82, 2.24) is 10.3 Å². The molecular weight excluding hydrogens is 236 g/mol. The molecule has 96 valence electrons. The number of aromatic nitrogens is 1. The SMILES string of the molecule is C=CC[C@H](NC(=O)C=C)c1ccc2ccccc2n1. The maximum absolute atomic E-state index is 11.4. The summed E-state index contributed by atoms with van der Waals surface area (Å²) in [5, 5.41) is 3.94. The molecule has 0 fully saturated rings. The average Bonchev–Trinajstić information content (AvgIpc) is 2.46. The first-order chi connectivity index (χ1) is 9.24. The summed E-state index contributed by atoms with van der Waals surface area (Å²) < 4.78 is 0. The van der Waals surface area contributed by atoms with E-state index in [-0.39, 0.29) is 11.9 Å². The van der Waals surface area contributed by atoms with Crippen LogP contribution in [0, 0.1) is 0 Å². The van der Waals surface area contributed by atoms with Crippen LogP contribution in [0.2, 0.25) is 0 Å². The Bertz CT molecular complexity index is 619. The zero-order chi connectivity index (χ0) is 13.7. The number of rotatable bonds is 5. The van der Waals surface area contributed by atoms with E-state index in [9.17, 15) is 4.79 Å². The van der Waals surface area contributed by atoms with Crippen LogP contribution >= 0.6 is 0 Å². The quantitative estimate of drug-likeness (QED) is 0.656. The van der Waals surface area contributed by atoms with Crippen LogP contribution in [0.25, 0.3) is 10.9 Å². The van der Waals surface area contributed by atoms with Gasteiger partial charge in [0.1, 0.15) is 0 Å². The minimum Gasteiger partial charge on any atom is -0.344 e. The van der Waals surface area contributed by atoms with Crippen molar-refractivity contribution in [3.8, 4) is 0 Å². The van der Waals surface area contributed by atoms with E-state index in [1.807, 2.05) is 36.4 Å². The highest BCUT2D eigenvalue weighted by molar-refractivity contribution is 5.87. The van der Waals surface area contributed by atoms with E-state index >= 15 is 0 Å². The van der Waals surface area contributed by atoms with Gasteiger partial charge < -0.3 is 5.32 Å². The molecule has 1 aromatic carbocycles. The van der Waals surface area contributed by atoms with Gasteiger partial charge in [-0.25, -0.2) is 0 Å². The number of hydrogen-bond acceptors (Lipinski definition) is 2. The predicted molar refractivity (Wildman–Crippen MR) is 77.6 cm³/mol. The smallest absolute Gasteiger partial charge is 0.243 e. The lowest BCUT2D eigenvalue weighted by Gasteiger charge is -2.16. The van der Waals surface area contributed by atoms with Crippen LogP contribution in [0.5, 0.6) is 0 Å². The van der Waals surface area contributed by atoms with Gasteiger partial charge in [-0.05, 0) is 24.6 Å². The number of hydrogen-bond donors (Lipinski definition) is 1. The van der Waals surface area contributed by atoms with E-state index in [0.717, 1.165) is 16.6 Å². The maximum atomic E-state index is 11.4. The van der Waals surface area contributed by atoms with Crippen molar-refractivity contribution in [3.63, 3.8) is 0 Å². The maximum Gasteiger partial charge on any atom is 0.243 e. The summed E-state index contributed by atoms with van der Waals surface area (Å²) in [6.07, 6.45) is 3.66. The second kappa shape index (κ2) is 5.96. The Morgan fingerprint density at radius 1 is 1.26 bits per heavy atom. The first-order valence-corrected chi connectivity index (χ1v) is 6.14. The van der Waals surface area contributed by atoms with Gasteiger partial charge in [-0.2, -0.15) is 0 Å². The van der Waals surface area contributed by atoms with Crippen molar-refractivity contribution < 1.29 is 4.79 Å². The Morgan fingerprint density at radius 3 is 2.79 bits per heavy atom. The fraction of sp³-hybridized carbons (Fsp3) is 0.125. The lowest BCUT2D eigenvalue weighted by atomic mass is 10.1. The Kier molecular flexibility index (Phi) is 4.08. The molecule has 1 aromatic heterocycles. The molecule has 2 aromatic rings. The van der Waals surface area contributed by atoms with E-state index in [2.05, 4.69) is 23.5 Å². The normalized spacial score (nSPS) is 11.8. The van der Waals surface area contributed by atoms with Gasteiger partial charge in [0.05, 0.1) is 17.3 Å². The third-order valence-electron chi connectivity index (χ3n) is 2.88. The molecule has 3 heteroatoms. The van der Waals surface area contributed by atoms with Crippen molar-refractivity contribution in [3.05, 3.63) is 67.4 Å². The third kappa shape index (κ3) is 3.07. The van der Waals surface area contributed by atoms with Crippen LogP contribution < -0.4 is 5.32 Å². The molecule has 0 bridgehead atoms. The summed E-state index contributed by atoms with van der Waals surface area (Å²) in [5.74, 6) is -0.207. The number of fused-ring (bicyclic) bond motifs is 1. The van der Waals surface area contributed by atoms with Gasteiger partial charge in [0.25, 0.3) is 0 Å². The van der Waals surface area contributed by atoms with Crippen molar-refractivity contribution in [2.75, 3.05) is 0 Å². The first kappa shape index (κ1) is 13.0. The Labute approximate surface area is 112 Å². The third-order valence-corrected chi connectivity index (χ3v) is 2.88. The van der Waals surface area contributed by atoms with Gasteiger partial charge >= 0.3 is 0 Å². The van der Waals surface area contributed by atoms with Gasteiger partial charge in [0.15, 0.2) is 0 Å². The fourth-order valence-electron chi connectivity index (χ4n) is 1.93. The van der Waals surface area contributed by atoms with Crippen LogP contribution in [-0.2, 0) is 4.79 Å². The molecule has 0 aliphatic heterocycles. The summed E-state index contributed by atoms with van der Waals surface area (Å²) >= 11 is 0. The predicted octanol–water partition coefficient (Wildman–Crippen LogP) is 3.15. The molecule has 0 saturated heterocycles. The summed E-state index contributed by atoms with van der Waals surface area (Å²) in [7, 11) is 0. The molecular formula is C16H16N2O. The Hall–Kier alpha value is -2.42. The summed E-state index contributed by atoms with van der Waals surface area (Å²) in [6, 6.07) is 11.7.